The van der Waals surface area contributed by atoms with Crippen LogP contribution in [0, 0.1) is 18.3 Å². The van der Waals surface area contributed by atoms with Crippen molar-refractivity contribution in [2.75, 3.05) is 26.6 Å². The summed E-state index contributed by atoms with van der Waals surface area (Å²) in [5.41, 5.74) is 0.788. The lowest BCUT2D eigenvalue weighted by molar-refractivity contribution is -0.111. The van der Waals surface area contributed by atoms with Crippen molar-refractivity contribution < 1.29 is 28.2 Å². The minimum absolute atomic E-state index is 0.000430. The van der Waals surface area contributed by atoms with Gasteiger partial charge in [-0.3, -0.25) is 14.9 Å². The number of ether oxygens (including phenoxy) is 3. The Hall–Kier alpha value is -3.73. The number of rotatable bonds is 7. The van der Waals surface area contributed by atoms with Gasteiger partial charge in [-0.2, -0.15) is 5.26 Å². The minimum Gasteiger partial charge on any atom is -0.493 e. The van der Waals surface area contributed by atoms with Gasteiger partial charge in [-0.05, 0) is 37.6 Å². The van der Waals surface area contributed by atoms with E-state index in [9.17, 15) is 14.9 Å². The smallest absolute Gasteiger partial charge is 0.250 e. The van der Waals surface area contributed by atoms with Crippen molar-refractivity contribution in [3.63, 3.8) is 0 Å². The molecule has 1 amide bonds. The molecule has 0 fully saturated rings. The Morgan fingerprint density at radius 3 is 2.21 bits per heavy atom. The molecule has 1 N–H and O–H groups in total. The summed E-state index contributed by atoms with van der Waals surface area (Å²) in [5.74, 6) is 0.689. The lowest BCUT2D eigenvalue weighted by atomic mass is 10.1. The first kappa shape index (κ1) is 20.6. The van der Waals surface area contributed by atoms with Crippen LogP contribution in [-0.2, 0) is 4.79 Å². The first-order valence-corrected chi connectivity index (χ1v) is 8.19. The summed E-state index contributed by atoms with van der Waals surface area (Å²) in [6, 6.07) is 5.24. The fourth-order valence-corrected chi connectivity index (χ4v) is 2.69. The number of amides is 1. The fraction of sp³-hybridized carbons (Fsp3) is 0.250. The predicted octanol–water partition coefficient (Wildman–Crippen LogP) is 3.34. The van der Waals surface area contributed by atoms with Gasteiger partial charge in [0.2, 0.25) is 11.6 Å². The Morgan fingerprint density at radius 1 is 1.14 bits per heavy atom. The molecule has 0 saturated heterocycles. The van der Waals surface area contributed by atoms with E-state index in [0.717, 1.165) is 0 Å². The van der Waals surface area contributed by atoms with Crippen LogP contribution in [0.25, 0.3) is 6.08 Å². The summed E-state index contributed by atoms with van der Waals surface area (Å²) < 4.78 is 21.1. The van der Waals surface area contributed by atoms with E-state index in [1.807, 2.05) is 6.07 Å². The average Bonchev–Trinajstić information content (AvgIpc) is 3.00. The second kappa shape index (κ2) is 8.77. The van der Waals surface area contributed by atoms with Gasteiger partial charge in [0.1, 0.15) is 17.4 Å². The molecule has 1 heterocycles. The Morgan fingerprint density at radius 2 is 1.75 bits per heavy atom. The zero-order valence-electron chi connectivity index (χ0n) is 16.2. The van der Waals surface area contributed by atoms with E-state index in [-0.39, 0.29) is 28.6 Å². The summed E-state index contributed by atoms with van der Waals surface area (Å²) in [5, 5.41) is 11.7. The van der Waals surface area contributed by atoms with Crippen LogP contribution in [0.5, 0.6) is 17.2 Å². The first-order chi connectivity index (χ1) is 13.4. The maximum atomic E-state index is 12.2. The quantitative estimate of drug-likeness (QED) is 0.576. The van der Waals surface area contributed by atoms with Gasteiger partial charge in [-0.1, -0.05) is 0 Å². The van der Waals surface area contributed by atoms with Crippen molar-refractivity contribution in [1.29, 1.82) is 5.26 Å². The molecule has 146 valence electrons. The molecule has 0 aliphatic heterocycles. The SMILES string of the molecule is COc1cc(/C=C/C(=O)Nc2oc(C)c(C(C)=O)c2C#N)cc(OC)c1OC. The number of benzene rings is 1. The Labute approximate surface area is 162 Å². The summed E-state index contributed by atoms with van der Waals surface area (Å²) in [6.45, 7) is 2.88. The number of nitriles is 1. The van der Waals surface area contributed by atoms with E-state index in [1.165, 1.54) is 40.4 Å². The molecule has 28 heavy (non-hydrogen) atoms. The van der Waals surface area contributed by atoms with Gasteiger partial charge in [-0.15, -0.1) is 0 Å². The highest BCUT2D eigenvalue weighted by Gasteiger charge is 2.22. The molecule has 0 saturated carbocycles. The number of hydrogen-bond donors (Lipinski definition) is 1. The van der Waals surface area contributed by atoms with Gasteiger partial charge >= 0.3 is 0 Å². The Balaban J connectivity index is 2.27. The van der Waals surface area contributed by atoms with Crippen molar-refractivity contribution in [1.82, 2.24) is 0 Å². The van der Waals surface area contributed by atoms with Crippen LogP contribution in [0.15, 0.2) is 22.6 Å². The molecule has 0 aliphatic carbocycles. The standard InChI is InChI=1S/C20H20N2O6/c1-11(23)18-12(2)28-20(14(18)10-21)22-17(24)7-6-13-8-15(25-3)19(27-5)16(9-13)26-4/h6-9H,1-5H3,(H,22,24)/b7-6+. The third kappa shape index (κ3) is 4.15. The number of carbonyl (C=O) groups excluding carboxylic acids is 2. The van der Waals surface area contributed by atoms with Crippen LogP contribution in [0.3, 0.4) is 0 Å². The first-order valence-electron chi connectivity index (χ1n) is 8.19. The number of nitrogens with zero attached hydrogens (tertiary/aromatic N) is 1. The number of methoxy groups -OCH3 is 3. The lowest BCUT2D eigenvalue weighted by Gasteiger charge is -2.12. The van der Waals surface area contributed by atoms with E-state index < -0.39 is 5.91 Å². The molecule has 0 atom stereocenters. The molecule has 2 aromatic rings. The molecule has 8 heteroatoms. The molecule has 2 rings (SSSR count). The van der Waals surface area contributed by atoms with Gasteiger partial charge in [0.05, 0.1) is 26.9 Å². The molecule has 1 aromatic heterocycles. The third-order valence-corrected chi connectivity index (χ3v) is 3.90. The highest BCUT2D eigenvalue weighted by atomic mass is 16.5. The second-order valence-electron chi connectivity index (χ2n) is 5.69. The van der Waals surface area contributed by atoms with Gasteiger partial charge < -0.3 is 18.6 Å². The number of nitrogens with one attached hydrogen (secondary N) is 1. The van der Waals surface area contributed by atoms with Crippen molar-refractivity contribution in [3.8, 4) is 23.3 Å². The second-order valence-corrected chi connectivity index (χ2v) is 5.69. The van der Waals surface area contributed by atoms with Crippen LogP contribution < -0.4 is 19.5 Å². The minimum atomic E-state index is -0.533. The molecule has 0 spiro atoms. The van der Waals surface area contributed by atoms with E-state index >= 15 is 0 Å². The number of Topliss-reactive ketones (excluding diaryl/α,β-unsaturated/α-hetero) is 1. The number of hydrogen-bond acceptors (Lipinski definition) is 7. The fourth-order valence-electron chi connectivity index (χ4n) is 2.69. The summed E-state index contributed by atoms with van der Waals surface area (Å²) in [6.07, 6.45) is 2.79. The zero-order chi connectivity index (χ0) is 20.8. The van der Waals surface area contributed by atoms with E-state index in [4.69, 9.17) is 18.6 Å². The Bertz CT molecular complexity index is 956. The van der Waals surface area contributed by atoms with Crippen molar-refractivity contribution in [3.05, 3.63) is 40.7 Å². The average molecular weight is 384 g/mol. The Kier molecular flexibility index (Phi) is 6.45. The molecular weight excluding hydrogens is 364 g/mol. The largest absolute Gasteiger partial charge is 0.493 e. The lowest BCUT2D eigenvalue weighted by Crippen LogP contribution is -2.08. The van der Waals surface area contributed by atoms with Crippen molar-refractivity contribution >= 4 is 23.7 Å². The highest BCUT2D eigenvalue weighted by Crippen LogP contribution is 2.38. The maximum Gasteiger partial charge on any atom is 0.250 e. The number of ketones is 1. The van der Waals surface area contributed by atoms with Crippen LogP contribution in [0.2, 0.25) is 0 Å². The van der Waals surface area contributed by atoms with Gasteiger partial charge in [0.15, 0.2) is 17.3 Å². The summed E-state index contributed by atoms with van der Waals surface area (Å²) in [4.78, 5) is 23.9. The summed E-state index contributed by atoms with van der Waals surface area (Å²) in [7, 11) is 4.48. The molecule has 0 unspecified atom stereocenters. The number of anilines is 1. The molecule has 0 bridgehead atoms. The molecule has 8 nitrogen and oxygen atoms in total. The van der Waals surface area contributed by atoms with E-state index in [1.54, 1.807) is 19.1 Å². The summed E-state index contributed by atoms with van der Waals surface area (Å²) >= 11 is 0. The van der Waals surface area contributed by atoms with Gasteiger partial charge in [0, 0.05) is 6.08 Å². The highest BCUT2D eigenvalue weighted by molar-refractivity contribution is 6.04. The topological polar surface area (TPSA) is 111 Å². The molecule has 0 aliphatic rings. The normalized spacial score (nSPS) is 10.4. The molecular formula is C20H20N2O6. The number of aryl methyl sites for hydroxylation is 1. The monoisotopic (exact) mass is 384 g/mol. The van der Waals surface area contributed by atoms with E-state index in [2.05, 4.69) is 5.32 Å². The van der Waals surface area contributed by atoms with Crippen LogP contribution in [0.4, 0.5) is 5.88 Å². The van der Waals surface area contributed by atoms with Crippen LogP contribution in [-0.4, -0.2) is 33.0 Å². The predicted molar refractivity (Wildman–Crippen MR) is 102 cm³/mol. The van der Waals surface area contributed by atoms with Crippen LogP contribution in [0.1, 0.15) is 34.2 Å². The van der Waals surface area contributed by atoms with Crippen molar-refractivity contribution in [2.45, 2.75) is 13.8 Å². The van der Waals surface area contributed by atoms with Crippen LogP contribution >= 0.6 is 0 Å². The van der Waals surface area contributed by atoms with Gasteiger partial charge in [0.25, 0.3) is 5.91 Å². The third-order valence-electron chi connectivity index (χ3n) is 3.90. The van der Waals surface area contributed by atoms with Crippen molar-refractivity contribution in [2.24, 2.45) is 0 Å². The zero-order valence-corrected chi connectivity index (χ0v) is 16.2. The number of furan rings is 1. The number of carbonyl (C=O) groups is 2. The van der Waals surface area contributed by atoms with Gasteiger partial charge in [-0.25, -0.2) is 0 Å². The van der Waals surface area contributed by atoms with E-state index in [0.29, 0.717) is 22.8 Å². The molecule has 1 aromatic carbocycles. The maximum absolute atomic E-state index is 12.2. The molecule has 0 radical (unpaired) electrons.